The van der Waals surface area contributed by atoms with Crippen molar-refractivity contribution in [3.63, 3.8) is 0 Å². The van der Waals surface area contributed by atoms with Crippen LogP contribution in [-0.4, -0.2) is 22.0 Å². The Bertz CT molecular complexity index is 663. The van der Waals surface area contributed by atoms with E-state index in [0.717, 1.165) is 0 Å². The number of nitrogens with zero attached hydrogens (tertiary/aromatic N) is 1. The quantitative estimate of drug-likeness (QED) is 0.831. The molecular formula is C14H9NO4. The number of benzene rings is 1. The zero-order valence-corrected chi connectivity index (χ0v) is 9.74. The molecule has 0 saturated heterocycles. The van der Waals surface area contributed by atoms with Crippen molar-refractivity contribution in [2.75, 3.05) is 0 Å². The van der Waals surface area contributed by atoms with Gasteiger partial charge in [0.05, 0.1) is 11.1 Å². The van der Waals surface area contributed by atoms with Crippen molar-refractivity contribution in [3.8, 4) is 0 Å². The standard InChI is InChI=1S/C14H9NO4/c16-13(17)9-5-3-8(4-6-9)12-11-10(14(18)19-12)2-1-7-15-11/h1-7,12H,(H,16,17). The van der Waals surface area contributed by atoms with Gasteiger partial charge >= 0.3 is 11.9 Å². The normalized spacial score (nSPS) is 16.8. The zero-order chi connectivity index (χ0) is 13.4. The van der Waals surface area contributed by atoms with E-state index in [1.54, 1.807) is 30.5 Å². The molecular weight excluding hydrogens is 246 g/mol. The van der Waals surface area contributed by atoms with Crippen LogP contribution in [0.5, 0.6) is 0 Å². The second-order valence-corrected chi connectivity index (χ2v) is 4.15. The summed E-state index contributed by atoms with van der Waals surface area (Å²) in [5.41, 5.74) is 1.91. The number of fused-ring (bicyclic) bond motifs is 1. The Labute approximate surface area is 108 Å². The Morgan fingerprint density at radius 1 is 1.21 bits per heavy atom. The summed E-state index contributed by atoms with van der Waals surface area (Å²) in [5.74, 6) is -1.40. The maximum Gasteiger partial charge on any atom is 0.341 e. The van der Waals surface area contributed by atoms with Crippen LogP contribution in [0.4, 0.5) is 0 Å². The lowest BCUT2D eigenvalue weighted by Gasteiger charge is -2.10. The number of carbonyl (C=O) groups excluding carboxylic acids is 1. The fourth-order valence-electron chi connectivity index (χ4n) is 2.05. The molecule has 5 heteroatoms. The number of carbonyl (C=O) groups is 2. The van der Waals surface area contributed by atoms with Crippen LogP contribution in [0, 0.1) is 0 Å². The van der Waals surface area contributed by atoms with Gasteiger partial charge in [-0.2, -0.15) is 0 Å². The molecule has 0 radical (unpaired) electrons. The van der Waals surface area contributed by atoms with Crippen molar-refractivity contribution >= 4 is 11.9 Å². The van der Waals surface area contributed by atoms with Gasteiger partial charge in [0.1, 0.15) is 5.69 Å². The first-order chi connectivity index (χ1) is 9.16. The second-order valence-electron chi connectivity index (χ2n) is 4.15. The van der Waals surface area contributed by atoms with Crippen LogP contribution < -0.4 is 0 Å². The first-order valence-corrected chi connectivity index (χ1v) is 5.66. The summed E-state index contributed by atoms with van der Waals surface area (Å²) in [6, 6.07) is 9.56. The highest BCUT2D eigenvalue weighted by Crippen LogP contribution is 2.33. The number of carboxylic acid groups (broad SMARTS) is 1. The summed E-state index contributed by atoms with van der Waals surface area (Å²) in [5, 5.41) is 8.84. The van der Waals surface area contributed by atoms with Gasteiger partial charge in [-0.15, -0.1) is 0 Å². The monoisotopic (exact) mass is 255 g/mol. The largest absolute Gasteiger partial charge is 0.478 e. The van der Waals surface area contributed by atoms with Gasteiger partial charge in [0.2, 0.25) is 0 Å². The van der Waals surface area contributed by atoms with Gasteiger partial charge in [-0.25, -0.2) is 9.59 Å². The van der Waals surface area contributed by atoms with Crippen molar-refractivity contribution in [3.05, 3.63) is 65.0 Å². The fourth-order valence-corrected chi connectivity index (χ4v) is 2.05. The first kappa shape index (κ1) is 11.4. The number of rotatable bonds is 2. The lowest BCUT2D eigenvalue weighted by atomic mass is 10.0. The van der Waals surface area contributed by atoms with Crippen molar-refractivity contribution in [2.45, 2.75) is 6.10 Å². The minimum atomic E-state index is -0.992. The number of hydrogen-bond donors (Lipinski definition) is 1. The molecule has 0 bridgehead atoms. The summed E-state index contributed by atoms with van der Waals surface area (Å²) in [6.07, 6.45) is 1.03. The lowest BCUT2D eigenvalue weighted by molar-refractivity contribution is 0.0451. The molecule has 2 heterocycles. The van der Waals surface area contributed by atoms with Gasteiger partial charge in [0, 0.05) is 6.20 Å². The van der Waals surface area contributed by atoms with Crippen LogP contribution in [0.15, 0.2) is 42.6 Å². The Morgan fingerprint density at radius 3 is 2.63 bits per heavy atom. The molecule has 1 aliphatic rings. The van der Waals surface area contributed by atoms with E-state index in [4.69, 9.17) is 9.84 Å². The molecule has 0 amide bonds. The highest BCUT2D eigenvalue weighted by Gasteiger charge is 2.33. The third-order valence-corrected chi connectivity index (χ3v) is 2.99. The zero-order valence-electron chi connectivity index (χ0n) is 9.74. The molecule has 5 nitrogen and oxygen atoms in total. The molecule has 0 fully saturated rings. The Hall–Kier alpha value is -2.69. The number of ether oxygens (including phenoxy) is 1. The number of aromatic nitrogens is 1. The Morgan fingerprint density at radius 2 is 1.95 bits per heavy atom. The fraction of sp³-hybridized carbons (Fsp3) is 0.0714. The maximum absolute atomic E-state index is 11.7. The molecule has 1 aromatic carbocycles. The summed E-state index contributed by atoms with van der Waals surface area (Å²) in [6.45, 7) is 0. The van der Waals surface area contributed by atoms with Crippen LogP contribution in [0.1, 0.15) is 38.1 Å². The molecule has 1 aromatic heterocycles. The summed E-state index contributed by atoms with van der Waals surface area (Å²) < 4.78 is 5.27. The molecule has 94 valence electrons. The smallest absolute Gasteiger partial charge is 0.341 e. The molecule has 1 unspecified atom stereocenters. The number of pyridine rings is 1. The average molecular weight is 255 g/mol. The predicted molar refractivity (Wildman–Crippen MR) is 64.9 cm³/mol. The van der Waals surface area contributed by atoms with E-state index in [0.29, 0.717) is 16.8 Å². The van der Waals surface area contributed by atoms with Crippen molar-refractivity contribution in [2.24, 2.45) is 0 Å². The van der Waals surface area contributed by atoms with Gasteiger partial charge in [-0.1, -0.05) is 12.1 Å². The maximum atomic E-state index is 11.7. The number of esters is 1. The number of cyclic esters (lactones) is 1. The van der Waals surface area contributed by atoms with Gasteiger partial charge < -0.3 is 9.84 Å². The predicted octanol–water partition coefficient (Wildman–Crippen LogP) is 2.04. The van der Waals surface area contributed by atoms with Crippen LogP contribution in [0.2, 0.25) is 0 Å². The lowest BCUT2D eigenvalue weighted by Crippen LogP contribution is -2.03. The van der Waals surface area contributed by atoms with E-state index >= 15 is 0 Å². The average Bonchev–Trinajstić information content (AvgIpc) is 2.77. The van der Waals surface area contributed by atoms with Crippen LogP contribution in [0.3, 0.4) is 0 Å². The number of carboxylic acids is 1. The summed E-state index contributed by atoms with van der Waals surface area (Å²) >= 11 is 0. The molecule has 1 aliphatic heterocycles. The van der Waals surface area contributed by atoms with E-state index in [9.17, 15) is 9.59 Å². The molecule has 1 N–H and O–H groups in total. The molecule has 3 rings (SSSR count). The highest BCUT2D eigenvalue weighted by atomic mass is 16.5. The topological polar surface area (TPSA) is 76.5 Å². The van der Waals surface area contributed by atoms with Crippen molar-refractivity contribution in [1.82, 2.24) is 4.98 Å². The Kier molecular flexibility index (Phi) is 2.52. The molecule has 0 spiro atoms. The second kappa shape index (κ2) is 4.20. The minimum absolute atomic E-state index is 0.189. The van der Waals surface area contributed by atoms with E-state index in [2.05, 4.69) is 4.98 Å². The van der Waals surface area contributed by atoms with Gasteiger partial charge in [0.25, 0.3) is 0 Å². The number of hydrogen-bond acceptors (Lipinski definition) is 4. The number of aromatic carboxylic acids is 1. The van der Waals surface area contributed by atoms with E-state index < -0.39 is 18.0 Å². The van der Waals surface area contributed by atoms with Crippen LogP contribution in [-0.2, 0) is 4.74 Å². The van der Waals surface area contributed by atoms with Gasteiger partial charge in [-0.3, -0.25) is 4.98 Å². The van der Waals surface area contributed by atoms with E-state index in [-0.39, 0.29) is 5.56 Å². The Balaban J connectivity index is 2.00. The van der Waals surface area contributed by atoms with Crippen LogP contribution >= 0.6 is 0 Å². The van der Waals surface area contributed by atoms with Gasteiger partial charge in [0.15, 0.2) is 6.10 Å². The summed E-state index contributed by atoms with van der Waals surface area (Å²) in [4.78, 5) is 26.6. The molecule has 2 aromatic rings. The third-order valence-electron chi connectivity index (χ3n) is 2.99. The van der Waals surface area contributed by atoms with Crippen molar-refractivity contribution in [1.29, 1.82) is 0 Å². The molecule has 0 aliphatic carbocycles. The highest BCUT2D eigenvalue weighted by molar-refractivity contribution is 5.94. The molecule has 19 heavy (non-hydrogen) atoms. The third kappa shape index (κ3) is 1.85. The molecule has 1 atom stereocenters. The minimum Gasteiger partial charge on any atom is -0.478 e. The molecule has 0 saturated carbocycles. The van der Waals surface area contributed by atoms with Gasteiger partial charge in [-0.05, 0) is 29.8 Å². The van der Waals surface area contributed by atoms with E-state index in [1.165, 1.54) is 12.1 Å². The SMILES string of the molecule is O=C(O)c1ccc(C2OC(=O)c3cccnc32)cc1. The van der Waals surface area contributed by atoms with E-state index in [1.807, 2.05) is 0 Å². The van der Waals surface area contributed by atoms with Crippen LogP contribution in [0.25, 0.3) is 0 Å². The van der Waals surface area contributed by atoms with Crippen molar-refractivity contribution < 1.29 is 19.4 Å². The summed E-state index contributed by atoms with van der Waals surface area (Å²) in [7, 11) is 0. The first-order valence-electron chi connectivity index (χ1n) is 5.66.